The molecule has 0 amide bonds. The lowest BCUT2D eigenvalue weighted by Gasteiger charge is -2.02. The van der Waals surface area contributed by atoms with Gasteiger partial charge in [0.05, 0.1) is 7.11 Å². The fourth-order valence-electron chi connectivity index (χ4n) is 1.37. The highest BCUT2D eigenvalue weighted by Gasteiger charge is 2.20. The molecule has 0 N–H and O–H groups in total. The van der Waals surface area contributed by atoms with Gasteiger partial charge >= 0.3 is 5.97 Å². The average molecular weight is 231 g/mol. The first-order chi connectivity index (χ1) is 8.22. The molecule has 0 aromatic carbocycles. The molecule has 0 aliphatic rings. The number of ether oxygens (including phenoxy) is 1. The van der Waals surface area contributed by atoms with Gasteiger partial charge in [-0.3, -0.25) is 0 Å². The normalized spacial score (nSPS) is 10.0. The van der Waals surface area contributed by atoms with Gasteiger partial charge in [-0.25, -0.2) is 14.8 Å². The predicted molar refractivity (Wildman–Crippen MR) is 57.8 cm³/mol. The summed E-state index contributed by atoms with van der Waals surface area (Å²) >= 11 is 0. The number of rotatable bonds is 2. The number of hydrogen-bond donors (Lipinski definition) is 0. The Labute approximate surface area is 97.9 Å². The van der Waals surface area contributed by atoms with Crippen LogP contribution in [0, 0.1) is 0 Å². The molecule has 17 heavy (non-hydrogen) atoms. The van der Waals surface area contributed by atoms with Crippen molar-refractivity contribution in [1.29, 1.82) is 0 Å². The van der Waals surface area contributed by atoms with Crippen LogP contribution in [0.25, 0.3) is 11.5 Å². The second-order valence-electron chi connectivity index (χ2n) is 3.32. The summed E-state index contributed by atoms with van der Waals surface area (Å²) in [4.78, 5) is 19.7. The van der Waals surface area contributed by atoms with Crippen LogP contribution >= 0.6 is 0 Å². The molecule has 0 aliphatic heterocycles. The number of methoxy groups -OCH3 is 1. The van der Waals surface area contributed by atoms with Gasteiger partial charge in [0.2, 0.25) is 0 Å². The second kappa shape index (κ2) is 4.65. The Morgan fingerprint density at radius 1 is 1.35 bits per heavy atom. The number of nitrogens with zero attached hydrogens (tertiary/aromatic N) is 4. The van der Waals surface area contributed by atoms with Gasteiger partial charge in [0.1, 0.15) is 5.56 Å². The van der Waals surface area contributed by atoms with Gasteiger partial charge in [0, 0.05) is 23.6 Å². The summed E-state index contributed by atoms with van der Waals surface area (Å²) in [5.41, 5.74) is 0.749. The number of hydrogen-bond acceptors (Lipinski definition) is 5. The van der Waals surface area contributed by atoms with Crippen molar-refractivity contribution in [3.63, 3.8) is 0 Å². The number of aromatic nitrogens is 4. The van der Waals surface area contributed by atoms with Gasteiger partial charge in [0.25, 0.3) is 0 Å². The first kappa shape index (κ1) is 11.1. The molecule has 86 valence electrons. The third-order valence-corrected chi connectivity index (χ3v) is 2.15. The molecule has 2 aromatic heterocycles. The maximum Gasteiger partial charge on any atom is 0.340 e. The highest BCUT2D eigenvalue weighted by molar-refractivity contribution is 5.94. The minimum Gasteiger partial charge on any atom is -0.465 e. The van der Waals surface area contributed by atoms with E-state index in [1.165, 1.54) is 7.11 Å². The molecule has 2 aromatic rings. The van der Waals surface area contributed by atoms with E-state index in [4.69, 9.17) is 4.74 Å². The monoisotopic (exact) mass is 231 g/mol. The van der Waals surface area contributed by atoms with Crippen molar-refractivity contribution in [3.05, 3.63) is 36.3 Å². The van der Waals surface area contributed by atoms with Crippen LogP contribution < -0.4 is 4.68 Å². The predicted octanol–water partition coefficient (Wildman–Crippen LogP) is 0.150. The van der Waals surface area contributed by atoms with Crippen LogP contribution in [0.3, 0.4) is 0 Å². The van der Waals surface area contributed by atoms with E-state index in [0.717, 1.165) is 0 Å². The Bertz CT molecular complexity index is 542. The Balaban J connectivity index is 2.59. The minimum atomic E-state index is -0.458. The molecular weight excluding hydrogens is 220 g/mol. The third-order valence-electron chi connectivity index (χ3n) is 2.15. The molecule has 0 aliphatic carbocycles. The molecule has 0 saturated heterocycles. The number of esters is 1. The Kier molecular flexibility index (Phi) is 3.04. The molecule has 0 saturated carbocycles. The summed E-state index contributed by atoms with van der Waals surface area (Å²) in [6.07, 6.45) is 4.86. The lowest BCUT2D eigenvalue weighted by molar-refractivity contribution is -0.730. The summed E-state index contributed by atoms with van der Waals surface area (Å²) in [6, 6.07) is 3.33. The number of carbonyl (C=O) groups is 1. The zero-order chi connectivity index (χ0) is 12.3. The van der Waals surface area contributed by atoms with Crippen LogP contribution in [0.2, 0.25) is 0 Å². The van der Waals surface area contributed by atoms with Gasteiger partial charge in [-0.15, -0.1) is 0 Å². The van der Waals surface area contributed by atoms with E-state index in [0.29, 0.717) is 17.1 Å². The van der Waals surface area contributed by atoms with Crippen molar-refractivity contribution >= 4 is 5.97 Å². The molecule has 0 bridgehead atoms. The van der Waals surface area contributed by atoms with Crippen molar-refractivity contribution < 1.29 is 14.2 Å². The molecule has 0 spiro atoms. The molecule has 6 nitrogen and oxygen atoms in total. The van der Waals surface area contributed by atoms with Crippen LogP contribution in [0.5, 0.6) is 0 Å². The van der Waals surface area contributed by atoms with E-state index >= 15 is 0 Å². The molecule has 0 radical (unpaired) electrons. The molecule has 0 atom stereocenters. The SMILES string of the molecule is COC(=O)c1cc[n+](C)nc1-c1ncccn1. The highest BCUT2D eigenvalue weighted by atomic mass is 16.5. The lowest BCUT2D eigenvalue weighted by atomic mass is 10.2. The minimum absolute atomic E-state index is 0.344. The second-order valence-corrected chi connectivity index (χ2v) is 3.32. The smallest absolute Gasteiger partial charge is 0.340 e. The van der Waals surface area contributed by atoms with Gasteiger partial charge in [-0.1, -0.05) is 4.68 Å². The zero-order valence-electron chi connectivity index (χ0n) is 9.49. The summed E-state index contributed by atoms with van der Waals surface area (Å²) in [5.74, 6) is -0.0651. The van der Waals surface area contributed by atoms with E-state index in [9.17, 15) is 4.79 Å². The van der Waals surface area contributed by atoms with E-state index in [1.807, 2.05) is 0 Å². The van der Waals surface area contributed by atoms with Crippen LogP contribution in [0.4, 0.5) is 0 Å². The highest BCUT2D eigenvalue weighted by Crippen LogP contribution is 2.15. The van der Waals surface area contributed by atoms with Crippen LogP contribution in [0.15, 0.2) is 30.7 Å². The van der Waals surface area contributed by atoms with Crippen molar-refractivity contribution in [1.82, 2.24) is 15.1 Å². The fourth-order valence-corrected chi connectivity index (χ4v) is 1.37. The van der Waals surface area contributed by atoms with Crippen molar-refractivity contribution in [2.24, 2.45) is 7.05 Å². The molecule has 0 unspecified atom stereocenters. The van der Waals surface area contributed by atoms with Gasteiger partial charge in [-0.05, 0) is 6.07 Å². The topological polar surface area (TPSA) is 68.8 Å². The van der Waals surface area contributed by atoms with E-state index in [1.54, 1.807) is 42.5 Å². The summed E-state index contributed by atoms with van der Waals surface area (Å²) < 4.78 is 6.28. The summed E-state index contributed by atoms with van der Waals surface area (Å²) in [5, 5.41) is 4.20. The van der Waals surface area contributed by atoms with E-state index in [-0.39, 0.29) is 0 Å². The Morgan fingerprint density at radius 3 is 2.71 bits per heavy atom. The molecule has 6 heteroatoms. The molecule has 0 fully saturated rings. The molecule has 2 rings (SSSR count). The van der Waals surface area contributed by atoms with Gasteiger partial charge in [-0.2, -0.15) is 0 Å². The summed E-state index contributed by atoms with van der Waals surface area (Å²) in [6.45, 7) is 0. The van der Waals surface area contributed by atoms with Gasteiger partial charge in [0.15, 0.2) is 24.8 Å². The van der Waals surface area contributed by atoms with Crippen LogP contribution in [-0.4, -0.2) is 28.1 Å². The Hall–Kier alpha value is -2.37. The zero-order valence-corrected chi connectivity index (χ0v) is 9.49. The first-order valence-corrected chi connectivity index (χ1v) is 4.95. The van der Waals surface area contributed by atoms with Crippen LogP contribution in [0.1, 0.15) is 10.4 Å². The number of aryl methyl sites for hydroxylation is 1. The molecule has 2 heterocycles. The van der Waals surface area contributed by atoms with Crippen molar-refractivity contribution in [2.45, 2.75) is 0 Å². The lowest BCUT2D eigenvalue weighted by Crippen LogP contribution is -2.33. The van der Waals surface area contributed by atoms with Crippen molar-refractivity contribution in [2.75, 3.05) is 7.11 Å². The third kappa shape index (κ3) is 2.25. The summed E-state index contributed by atoms with van der Waals surface area (Å²) in [7, 11) is 3.08. The quantitative estimate of drug-likeness (QED) is 0.543. The van der Waals surface area contributed by atoms with E-state index in [2.05, 4.69) is 15.1 Å². The standard InChI is InChI=1S/C11H11N4O2/c1-15-7-4-8(11(16)17-2)9(14-15)10-12-5-3-6-13-10/h3-7H,1-2H3/q+1. The van der Waals surface area contributed by atoms with Gasteiger partial charge < -0.3 is 4.74 Å². The molecular formula is C11H11N4O2+. The largest absolute Gasteiger partial charge is 0.465 e. The first-order valence-electron chi connectivity index (χ1n) is 4.95. The Morgan fingerprint density at radius 2 is 2.06 bits per heavy atom. The maximum absolute atomic E-state index is 11.6. The van der Waals surface area contributed by atoms with Crippen LogP contribution in [-0.2, 0) is 11.8 Å². The number of carbonyl (C=O) groups excluding carboxylic acids is 1. The van der Waals surface area contributed by atoms with Crippen molar-refractivity contribution in [3.8, 4) is 11.5 Å². The van der Waals surface area contributed by atoms with E-state index < -0.39 is 5.97 Å². The average Bonchev–Trinajstić information content (AvgIpc) is 2.39. The maximum atomic E-state index is 11.6. The fraction of sp³-hybridized carbons (Fsp3) is 0.182.